The fourth-order valence-corrected chi connectivity index (χ4v) is 3.03. The molecule has 2 heterocycles. The van der Waals surface area contributed by atoms with Crippen LogP contribution in [0, 0.1) is 0 Å². The number of carbonyl (C=O) groups is 1. The second-order valence-electron chi connectivity index (χ2n) is 3.96. The van der Waals surface area contributed by atoms with E-state index in [0.717, 1.165) is 29.7 Å². The minimum Gasteiger partial charge on any atom is -0.355 e. The summed E-state index contributed by atoms with van der Waals surface area (Å²) < 4.78 is 5.34. The van der Waals surface area contributed by atoms with E-state index in [1.54, 1.807) is 11.3 Å². The van der Waals surface area contributed by atoms with E-state index in [1.807, 2.05) is 18.4 Å². The average molecular weight is 248 g/mol. The molecule has 0 fully saturated rings. The topological polar surface area (TPSA) is 55.1 Å². The van der Waals surface area contributed by atoms with Crippen molar-refractivity contribution < 1.29 is 9.32 Å². The number of aromatic nitrogens is 1. The van der Waals surface area contributed by atoms with E-state index >= 15 is 0 Å². The molecule has 5 heteroatoms. The summed E-state index contributed by atoms with van der Waals surface area (Å²) in [6, 6.07) is 2.03. The summed E-state index contributed by atoms with van der Waals surface area (Å²) in [6.07, 6.45) is 1.80. The van der Waals surface area contributed by atoms with Crippen molar-refractivity contribution in [1.82, 2.24) is 10.5 Å². The number of aryl methyl sites for hydroxylation is 1. The van der Waals surface area contributed by atoms with Crippen LogP contribution in [0.15, 0.2) is 16.0 Å². The van der Waals surface area contributed by atoms with Crippen molar-refractivity contribution in [1.29, 1.82) is 0 Å². The number of nitrogens with one attached hydrogen (secondary N) is 1. The molecule has 1 aliphatic carbocycles. The zero-order valence-corrected chi connectivity index (χ0v) is 10.3. The smallest absolute Gasteiger partial charge is 0.273 e. The second-order valence-corrected chi connectivity index (χ2v) is 4.96. The number of hydrogen-bond acceptors (Lipinski definition) is 4. The third kappa shape index (κ3) is 1.58. The van der Waals surface area contributed by atoms with Crippen LogP contribution in [0.4, 0.5) is 0 Å². The third-order valence-electron chi connectivity index (χ3n) is 2.93. The van der Waals surface area contributed by atoms with Gasteiger partial charge in [-0.25, -0.2) is 0 Å². The van der Waals surface area contributed by atoms with Crippen LogP contribution in [-0.4, -0.2) is 17.6 Å². The third-order valence-corrected chi connectivity index (χ3v) is 3.91. The summed E-state index contributed by atoms with van der Waals surface area (Å²) in [5.41, 5.74) is 2.49. The van der Waals surface area contributed by atoms with Gasteiger partial charge in [-0.1, -0.05) is 5.16 Å². The van der Waals surface area contributed by atoms with Crippen LogP contribution in [-0.2, 0) is 12.8 Å². The van der Waals surface area contributed by atoms with Gasteiger partial charge in [-0.3, -0.25) is 4.79 Å². The van der Waals surface area contributed by atoms with Crippen LogP contribution in [0.1, 0.15) is 27.9 Å². The van der Waals surface area contributed by atoms with E-state index in [2.05, 4.69) is 10.5 Å². The highest BCUT2D eigenvalue weighted by Gasteiger charge is 2.27. The largest absolute Gasteiger partial charge is 0.355 e. The minimum atomic E-state index is -0.142. The Labute approximate surface area is 103 Å². The van der Waals surface area contributed by atoms with Crippen molar-refractivity contribution in [2.24, 2.45) is 0 Å². The van der Waals surface area contributed by atoms with E-state index in [-0.39, 0.29) is 5.91 Å². The van der Waals surface area contributed by atoms with Crippen LogP contribution in [0.2, 0.25) is 0 Å². The van der Waals surface area contributed by atoms with Gasteiger partial charge >= 0.3 is 0 Å². The zero-order valence-electron chi connectivity index (χ0n) is 9.45. The Morgan fingerprint density at radius 3 is 3.29 bits per heavy atom. The highest BCUT2D eigenvalue weighted by molar-refractivity contribution is 7.10. The molecule has 1 N–H and O–H groups in total. The lowest BCUT2D eigenvalue weighted by atomic mass is 9.95. The SMILES string of the molecule is CCNC(=O)c1noc2c1CCc1sccc1-2. The molecule has 4 nitrogen and oxygen atoms in total. The van der Waals surface area contributed by atoms with Gasteiger partial charge in [0, 0.05) is 22.5 Å². The first-order chi connectivity index (χ1) is 8.31. The fraction of sp³-hybridized carbons (Fsp3) is 0.333. The van der Waals surface area contributed by atoms with Gasteiger partial charge in [-0.15, -0.1) is 11.3 Å². The molecular formula is C12H12N2O2S. The molecule has 0 aliphatic heterocycles. The molecule has 0 spiro atoms. The Morgan fingerprint density at radius 2 is 2.47 bits per heavy atom. The lowest BCUT2D eigenvalue weighted by Gasteiger charge is -2.10. The molecule has 0 saturated carbocycles. The molecule has 2 aromatic rings. The molecule has 0 unspecified atom stereocenters. The Balaban J connectivity index is 2.05. The number of carbonyl (C=O) groups excluding carboxylic acids is 1. The van der Waals surface area contributed by atoms with Crippen molar-refractivity contribution in [3.8, 4) is 11.3 Å². The molecule has 88 valence electrons. The summed E-state index contributed by atoms with van der Waals surface area (Å²) in [6.45, 7) is 2.49. The Morgan fingerprint density at radius 1 is 1.59 bits per heavy atom. The lowest BCUT2D eigenvalue weighted by Crippen LogP contribution is -2.24. The molecule has 0 atom stereocenters. The summed E-state index contributed by atoms with van der Waals surface area (Å²) in [4.78, 5) is 13.1. The molecular weight excluding hydrogens is 236 g/mol. The molecule has 1 aliphatic rings. The molecule has 0 bridgehead atoms. The molecule has 17 heavy (non-hydrogen) atoms. The van der Waals surface area contributed by atoms with Gasteiger partial charge in [0.15, 0.2) is 11.5 Å². The molecule has 0 radical (unpaired) electrons. The minimum absolute atomic E-state index is 0.142. The number of fused-ring (bicyclic) bond motifs is 3. The number of rotatable bonds is 2. The first-order valence-corrected chi connectivity index (χ1v) is 6.52. The monoisotopic (exact) mass is 248 g/mol. The zero-order chi connectivity index (χ0) is 11.8. The molecule has 1 amide bonds. The summed E-state index contributed by atoms with van der Waals surface area (Å²) in [5.74, 6) is 0.630. The number of nitrogens with zero attached hydrogens (tertiary/aromatic N) is 1. The summed E-state index contributed by atoms with van der Waals surface area (Å²) >= 11 is 1.73. The number of hydrogen-bond donors (Lipinski definition) is 1. The van der Waals surface area contributed by atoms with E-state index in [4.69, 9.17) is 4.52 Å². The molecule has 2 aromatic heterocycles. The van der Waals surface area contributed by atoms with Gasteiger partial charge in [-0.2, -0.15) is 0 Å². The molecule has 0 aromatic carbocycles. The van der Waals surface area contributed by atoms with Crippen molar-refractivity contribution >= 4 is 17.2 Å². The van der Waals surface area contributed by atoms with E-state index in [9.17, 15) is 4.79 Å². The Kier molecular flexibility index (Phi) is 2.48. The quantitative estimate of drug-likeness (QED) is 0.886. The number of thiophene rings is 1. The van der Waals surface area contributed by atoms with Gasteiger partial charge in [0.2, 0.25) is 0 Å². The van der Waals surface area contributed by atoms with E-state index in [0.29, 0.717) is 12.2 Å². The highest BCUT2D eigenvalue weighted by atomic mass is 32.1. The van der Waals surface area contributed by atoms with Crippen molar-refractivity contribution in [2.45, 2.75) is 19.8 Å². The van der Waals surface area contributed by atoms with Crippen molar-refractivity contribution in [2.75, 3.05) is 6.54 Å². The van der Waals surface area contributed by atoms with Crippen LogP contribution >= 0.6 is 11.3 Å². The second kappa shape index (κ2) is 4.00. The summed E-state index contributed by atoms with van der Waals surface area (Å²) in [7, 11) is 0. The van der Waals surface area contributed by atoms with E-state index < -0.39 is 0 Å². The normalized spacial score (nSPS) is 13.0. The Bertz CT molecular complexity index is 571. The van der Waals surface area contributed by atoms with Gasteiger partial charge in [-0.05, 0) is 31.2 Å². The maximum absolute atomic E-state index is 11.8. The Hall–Kier alpha value is -1.62. The van der Waals surface area contributed by atoms with Gasteiger partial charge < -0.3 is 9.84 Å². The highest BCUT2D eigenvalue weighted by Crippen LogP contribution is 2.37. The predicted octanol–water partition coefficient (Wildman–Crippen LogP) is 2.25. The van der Waals surface area contributed by atoms with Crippen LogP contribution < -0.4 is 5.32 Å². The molecule has 0 saturated heterocycles. The molecule has 3 rings (SSSR count). The first-order valence-electron chi connectivity index (χ1n) is 5.64. The maximum Gasteiger partial charge on any atom is 0.273 e. The number of amides is 1. The van der Waals surface area contributed by atoms with Gasteiger partial charge in [0.05, 0.1) is 0 Å². The summed E-state index contributed by atoms with van der Waals surface area (Å²) in [5, 5.41) is 8.72. The van der Waals surface area contributed by atoms with Crippen LogP contribution in [0.25, 0.3) is 11.3 Å². The maximum atomic E-state index is 11.8. The average Bonchev–Trinajstić information content (AvgIpc) is 2.94. The first kappa shape index (κ1) is 10.5. The van der Waals surface area contributed by atoms with Crippen molar-refractivity contribution in [3.63, 3.8) is 0 Å². The van der Waals surface area contributed by atoms with Gasteiger partial charge in [0.25, 0.3) is 5.91 Å². The van der Waals surface area contributed by atoms with Gasteiger partial charge in [0.1, 0.15) is 0 Å². The van der Waals surface area contributed by atoms with E-state index in [1.165, 1.54) is 4.88 Å². The van der Waals surface area contributed by atoms with Crippen LogP contribution in [0.3, 0.4) is 0 Å². The predicted molar refractivity (Wildman–Crippen MR) is 65.2 cm³/mol. The fourth-order valence-electron chi connectivity index (χ4n) is 2.15. The standard InChI is InChI=1S/C12H12N2O2S/c1-2-13-12(15)10-8-3-4-9-7(5-6-17-9)11(8)16-14-10/h5-6H,2-4H2,1H3,(H,13,15). The lowest BCUT2D eigenvalue weighted by molar-refractivity contribution is 0.0946. The van der Waals surface area contributed by atoms with Crippen molar-refractivity contribution in [3.05, 3.63) is 27.6 Å². The van der Waals surface area contributed by atoms with Crippen LogP contribution in [0.5, 0.6) is 0 Å².